The lowest BCUT2D eigenvalue weighted by Crippen LogP contribution is -2.33. The van der Waals surface area contributed by atoms with E-state index in [1.807, 2.05) is 6.07 Å². The maximum Gasteiger partial charge on any atom is 0.325 e. The minimum absolute atomic E-state index is 0.0177. The number of esters is 1. The van der Waals surface area contributed by atoms with Crippen LogP contribution in [0.25, 0.3) is 0 Å². The molecule has 0 saturated carbocycles. The number of aliphatic imine (C=N–C) groups is 1. The first kappa shape index (κ1) is 31.5. The van der Waals surface area contributed by atoms with E-state index in [2.05, 4.69) is 41.4 Å². The Morgan fingerprint density at radius 2 is 1.97 bits per heavy atom. The summed E-state index contributed by atoms with van der Waals surface area (Å²) in [5.74, 6) is -0.196. The number of thiophene rings is 1. The summed E-state index contributed by atoms with van der Waals surface area (Å²) in [4.78, 5) is 31.2. The summed E-state index contributed by atoms with van der Waals surface area (Å²) in [6.07, 6.45) is 1.71. The van der Waals surface area contributed by atoms with Crippen LogP contribution >= 0.6 is 50.8 Å². The number of ether oxygens (including phenoxy) is 1. The molecule has 202 valence electrons. The molecule has 37 heavy (non-hydrogen) atoms. The van der Waals surface area contributed by atoms with Crippen LogP contribution in [-0.4, -0.2) is 47.9 Å². The molecular formula is C26H32BrClFN3O3S2. The van der Waals surface area contributed by atoms with Crippen molar-refractivity contribution in [2.45, 2.75) is 51.3 Å². The number of amidine groups is 1. The molecule has 0 aliphatic carbocycles. The Hall–Kier alpha value is -1.72. The molecule has 1 aromatic carbocycles. The zero-order chi connectivity index (χ0) is 27.6. The molecule has 0 unspecified atom stereocenters. The number of allylic oxidation sites excluding steroid dienone is 2. The van der Waals surface area contributed by atoms with Crippen molar-refractivity contribution in [1.29, 1.82) is 0 Å². The van der Waals surface area contributed by atoms with Gasteiger partial charge in [0.1, 0.15) is 18.2 Å². The van der Waals surface area contributed by atoms with E-state index in [9.17, 15) is 14.0 Å². The van der Waals surface area contributed by atoms with Gasteiger partial charge >= 0.3 is 5.97 Å². The highest BCUT2D eigenvalue weighted by atomic mass is 79.9. The number of nitrogens with one attached hydrogen (secondary N) is 1. The fourth-order valence-electron chi connectivity index (χ4n) is 3.18. The van der Waals surface area contributed by atoms with Crippen LogP contribution in [0.15, 0.2) is 51.6 Å². The van der Waals surface area contributed by atoms with E-state index in [1.165, 1.54) is 23.5 Å². The summed E-state index contributed by atoms with van der Waals surface area (Å²) in [6, 6.07) is 9.83. The van der Waals surface area contributed by atoms with Gasteiger partial charge in [0, 0.05) is 17.8 Å². The van der Waals surface area contributed by atoms with Crippen molar-refractivity contribution >= 4 is 68.9 Å². The smallest absolute Gasteiger partial charge is 0.325 e. The van der Waals surface area contributed by atoms with Gasteiger partial charge in [0.25, 0.3) is 0 Å². The molecule has 0 bridgehead atoms. The third-order valence-corrected chi connectivity index (χ3v) is 7.78. The van der Waals surface area contributed by atoms with Crippen LogP contribution < -0.4 is 4.72 Å². The molecule has 1 atom stereocenters. The first-order chi connectivity index (χ1) is 17.4. The highest BCUT2D eigenvalue weighted by Crippen LogP contribution is 2.31. The Labute approximate surface area is 240 Å². The molecule has 0 aliphatic heterocycles. The number of carbonyl (C=O) groups is 2. The lowest BCUT2D eigenvalue weighted by Gasteiger charge is -2.25. The Kier molecular flexibility index (Phi) is 12.8. The summed E-state index contributed by atoms with van der Waals surface area (Å²) in [7, 11) is 1.73. The normalized spacial score (nSPS) is 13.7. The highest BCUT2D eigenvalue weighted by molar-refractivity contribution is 9.12. The minimum Gasteiger partial charge on any atom is -0.465 e. The number of carbonyl (C=O) groups excluding carboxylic acids is 2. The second-order valence-electron chi connectivity index (χ2n) is 9.09. The topological polar surface area (TPSA) is 71.0 Å². The van der Waals surface area contributed by atoms with Gasteiger partial charge in [0.05, 0.1) is 26.0 Å². The molecule has 2 aromatic rings. The van der Waals surface area contributed by atoms with Crippen LogP contribution in [0.2, 0.25) is 4.34 Å². The first-order valence-corrected chi connectivity index (χ1v) is 14.5. The molecular weight excluding hydrogens is 601 g/mol. The van der Waals surface area contributed by atoms with Crippen molar-refractivity contribution in [2.24, 2.45) is 4.99 Å². The van der Waals surface area contributed by atoms with Gasteiger partial charge < -0.3 is 9.64 Å². The largest absolute Gasteiger partial charge is 0.465 e. The molecule has 0 radical (unpaired) electrons. The summed E-state index contributed by atoms with van der Waals surface area (Å²) >= 11 is 12.5. The number of benzene rings is 1. The fraction of sp³-hybridized carbons (Fsp3) is 0.423. The predicted octanol–water partition coefficient (Wildman–Crippen LogP) is 7.15. The Bertz CT molecular complexity index is 1120. The van der Waals surface area contributed by atoms with Gasteiger partial charge in [0.2, 0.25) is 0 Å². The first-order valence-electron chi connectivity index (χ1n) is 11.7. The van der Waals surface area contributed by atoms with Crippen molar-refractivity contribution in [3.05, 3.63) is 67.2 Å². The Balaban J connectivity index is 2.40. The molecule has 2 rings (SSSR count). The monoisotopic (exact) mass is 631 g/mol. The number of likely N-dealkylation sites (N-methyl/N-ethyl adjacent to an activating group) is 1. The van der Waals surface area contributed by atoms with E-state index >= 15 is 0 Å². The zero-order valence-corrected chi connectivity index (χ0v) is 25.5. The van der Waals surface area contributed by atoms with E-state index < -0.39 is 0 Å². The van der Waals surface area contributed by atoms with E-state index in [1.54, 1.807) is 49.0 Å². The average molecular weight is 633 g/mol. The van der Waals surface area contributed by atoms with E-state index in [0.717, 1.165) is 10.4 Å². The molecule has 11 heteroatoms. The molecule has 6 nitrogen and oxygen atoms in total. The van der Waals surface area contributed by atoms with Crippen LogP contribution in [0.4, 0.5) is 4.39 Å². The van der Waals surface area contributed by atoms with Crippen molar-refractivity contribution in [3.63, 3.8) is 0 Å². The highest BCUT2D eigenvalue weighted by Gasteiger charge is 2.21. The van der Waals surface area contributed by atoms with E-state index in [-0.39, 0.29) is 35.7 Å². The molecule has 0 spiro atoms. The summed E-state index contributed by atoms with van der Waals surface area (Å²) in [5, 5.41) is 0. The number of aldehydes is 1. The maximum absolute atomic E-state index is 13.6. The molecule has 0 amide bonds. The third-order valence-electron chi connectivity index (χ3n) is 4.90. The summed E-state index contributed by atoms with van der Waals surface area (Å²) in [5.41, 5.74) is 1.44. The number of hydrogen-bond acceptors (Lipinski definition) is 7. The van der Waals surface area contributed by atoms with Gasteiger partial charge in [-0.25, -0.2) is 9.38 Å². The van der Waals surface area contributed by atoms with E-state index in [4.69, 9.17) is 21.3 Å². The molecule has 1 heterocycles. The van der Waals surface area contributed by atoms with Gasteiger partial charge in [-0.3, -0.25) is 14.3 Å². The van der Waals surface area contributed by atoms with Gasteiger partial charge in [0.15, 0.2) is 6.29 Å². The van der Waals surface area contributed by atoms with Gasteiger partial charge in [-0.15, -0.1) is 11.3 Å². The number of rotatable bonds is 12. The van der Waals surface area contributed by atoms with Crippen molar-refractivity contribution < 1.29 is 18.7 Å². The standard InChI is InChI=1S/C26H32BrClFN3O3S2/c1-6-35-24(34)15-32(5)25(22-13-14-23(28)36-22)30-21(19(27)16-33)12-11-20(31-37-26(2,3)4)17-7-9-18(29)10-8-17/h7-10,13-14,16,20,31H,6,11-12,15H2,1-5H3/b21-19+,30-25?/t20-/m0/s1. The second-order valence-corrected chi connectivity index (χ2v) is 13.3. The lowest BCUT2D eigenvalue weighted by molar-refractivity contribution is -0.143. The quantitative estimate of drug-likeness (QED) is 0.0670. The minimum atomic E-state index is -0.389. The third kappa shape index (κ3) is 10.9. The van der Waals surface area contributed by atoms with Crippen LogP contribution in [-0.2, 0) is 14.3 Å². The summed E-state index contributed by atoms with van der Waals surface area (Å²) in [6.45, 7) is 8.30. The van der Waals surface area contributed by atoms with E-state index in [0.29, 0.717) is 39.5 Å². The van der Waals surface area contributed by atoms with Crippen LogP contribution in [0.5, 0.6) is 0 Å². The number of halogens is 3. The Morgan fingerprint density at radius 1 is 1.30 bits per heavy atom. The van der Waals surface area contributed by atoms with Crippen LogP contribution in [0, 0.1) is 5.82 Å². The lowest BCUT2D eigenvalue weighted by atomic mass is 10.0. The predicted molar refractivity (Wildman–Crippen MR) is 156 cm³/mol. The number of hydrogen-bond donors (Lipinski definition) is 1. The Morgan fingerprint density at radius 3 is 2.51 bits per heavy atom. The number of nitrogens with zero attached hydrogens (tertiary/aromatic N) is 2. The molecule has 0 fully saturated rings. The average Bonchev–Trinajstić information content (AvgIpc) is 3.26. The maximum atomic E-state index is 13.6. The van der Waals surface area contributed by atoms with Crippen molar-refractivity contribution in [2.75, 3.05) is 20.2 Å². The molecule has 1 aromatic heterocycles. The zero-order valence-electron chi connectivity index (χ0n) is 21.5. The van der Waals surface area contributed by atoms with Crippen molar-refractivity contribution in [1.82, 2.24) is 9.62 Å². The van der Waals surface area contributed by atoms with Gasteiger partial charge in [-0.05, 0) is 86.3 Å². The van der Waals surface area contributed by atoms with Crippen molar-refractivity contribution in [3.8, 4) is 0 Å². The van der Waals surface area contributed by atoms with Crippen LogP contribution in [0.1, 0.15) is 57.0 Å². The molecule has 0 aliphatic rings. The summed E-state index contributed by atoms with van der Waals surface area (Å²) < 4.78 is 23.0. The molecule has 1 N–H and O–H groups in total. The SMILES string of the molecule is CCOC(=O)CN(C)C(=N/C(CC[C@H](NSC(C)(C)C)c1ccc(F)cc1)=C(/Br)C=O)c1ccc(Cl)s1. The van der Waals surface area contributed by atoms with Gasteiger partial charge in [-0.2, -0.15) is 0 Å². The van der Waals surface area contributed by atoms with Gasteiger partial charge in [-0.1, -0.05) is 35.7 Å². The molecule has 0 saturated heterocycles. The van der Waals surface area contributed by atoms with Crippen LogP contribution in [0.3, 0.4) is 0 Å². The fourth-order valence-corrected chi connectivity index (χ4v) is 5.30. The second kappa shape index (κ2) is 15.0.